The Kier molecular flexibility index (Phi) is 5.16. The molecule has 1 aliphatic heterocycles. The molecule has 2 amide bonds. The molecule has 0 bridgehead atoms. The molecule has 7 heteroatoms. The number of hydrogen-bond acceptors (Lipinski definition) is 4. The first-order chi connectivity index (χ1) is 10.1. The normalized spacial score (nSPS) is 18.0. The number of hydrogen-bond donors (Lipinski definition) is 1. The monoisotopic (exact) mass is 310 g/mol. The maximum atomic E-state index is 12.0. The van der Waals surface area contributed by atoms with Crippen LogP contribution in [0.3, 0.4) is 0 Å². The lowest BCUT2D eigenvalue weighted by Crippen LogP contribution is -2.48. The van der Waals surface area contributed by atoms with E-state index in [0.29, 0.717) is 18.5 Å². The number of carbonyl (C=O) groups excluding carboxylic acids is 3. The van der Waals surface area contributed by atoms with Crippen molar-refractivity contribution in [2.75, 3.05) is 6.54 Å². The smallest absolute Gasteiger partial charge is 0.338 e. The molecule has 21 heavy (non-hydrogen) atoms. The summed E-state index contributed by atoms with van der Waals surface area (Å²) in [5.74, 6) is -1.21. The third-order valence-electron chi connectivity index (χ3n) is 3.28. The highest BCUT2D eigenvalue weighted by molar-refractivity contribution is 6.63. The number of rotatable bonds is 2. The minimum atomic E-state index is -0.750. The standard InChI is InChI=1S/C14H15ClN2O4/c15-14(20)17-9-5-4-8-11(17)13(19)21-16-12(18)10-6-2-1-3-7-10/h1-3,6-7,11H,4-5,8-9H2,(H,16,18). The van der Waals surface area contributed by atoms with Gasteiger partial charge in [-0.1, -0.05) is 18.2 Å². The number of nitrogens with one attached hydrogen (secondary N) is 1. The molecule has 6 nitrogen and oxygen atoms in total. The molecule has 0 radical (unpaired) electrons. The van der Waals surface area contributed by atoms with Crippen LogP contribution in [-0.2, 0) is 9.63 Å². The Bertz CT molecular complexity index is 535. The van der Waals surface area contributed by atoms with Crippen LogP contribution in [0.5, 0.6) is 0 Å². The highest BCUT2D eigenvalue weighted by atomic mass is 35.5. The minimum Gasteiger partial charge on any atom is -0.338 e. The van der Waals surface area contributed by atoms with E-state index in [1.807, 2.05) is 0 Å². The van der Waals surface area contributed by atoms with Crippen molar-refractivity contribution in [1.29, 1.82) is 0 Å². The third-order valence-corrected chi connectivity index (χ3v) is 3.50. The number of carbonyl (C=O) groups is 3. The molecule has 112 valence electrons. The summed E-state index contributed by atoms with van der Waals surface area (Å²) in [7, 11) is 0. The molecule has 1 aromatic rings. The lowest BCUT2D eigenvalue weighted by molar-refractivity contribution is -0.155. The van der Waals surface area contributed by atoms with Crippen LogP contribution in [0.15, 0.2) is 30.3 Å². The van der Waals surface area contributed by atoms with Crippen LogP contribution in [0.2, 0.25) is 0 Å². The Morgan fingerprint density at radius 2 is 1.90 bits per heavy atom. The Hall–Kier alpha value is -2.08. The summed E-state index contributed by atoms with van der Waals surface area (Å²) in [6, 6.07) is 7.61. The molecule has 1 N–H and O–H groups in total. The van der Waals surface area contributed by atoms with E-state index >= 15 is 0 Å². The van der Waals surface area contributed by atoms with Gasteiger partial charge in [-0.3, -0.25) is 9.59 Å². The lowest BCUT2D eigenvalue weighted by atomic mass is 10.0. The summed E-state index contributed by atoms with van der Waals surface area (Å²) in [5.41, 5.74) is 2.46. The van der Waals surface area contributed by atoms with Crippen LogP contribution in [0, 0.1) is 0 Å². The van der Waals surface area contributed by atoms with Gasteiger partial charge in [-0.05, 0) is 43.0 Å². The first kappa shape index (κ1) is 15.3. The van der Waals surface area contributed by atoms with Gasteiger partial charge < -0.3 is 9.74 Å². The molecule has 0 spiro atoms. The summed E-state index contributed by atoms with van der Waals surface area (Å²) in [4.78, 5) is 41.0. The number of benzene rings is 1. The molecule has 1 heterocycles. The molecule has 1 saturated heterocycles. The van der Waals surface area contributed by atoms with Crippen molar-refractivity contribution in [1.82, 2.24) is 10.4 Å². The maximum Gasteiger partial charge on any atom is 0.354 e. The maximum absolute atomic E-state index is 12.0. The van der Waals surface area contributed by atoms with Gasteiger partial charge in [0.25, 0.3) is 5.91 Å². The Morgan fingerprint density at radius 3 is 2.57 bits per heavy atom. The Labute approximate surface area is 127 Å². The fourth-order valence-electron chi connectivity index (χ4n) is 2.20. The van der Waals surface area contributed by atoms with Crippen molar-refractivity contribution >= 4 is 28.8 Å². The molecule has 1 unspecified atom stereocenters. The lowest BCUT2D eigenvalue weighted by Gasteiger charge is -2.31. The topological polar surface area (TPSA) is 75.7 Å². The van der Waals surface area contributed by atoms with E-state index in [4.69, 9.17) is 16.4 Å². The first-order valence-electron chi connectivity index (χ1n) is 6.62. The zero-order chi connectivity index (χ0) is 15.2. The molecule has 0 saturated carbocycles. The van der Waals surface area contributed by atoms with Crippen LogP contribution in [0.25, 0.3) is 0 Å². The second-order valence-electron chi connectivity index (χ2n) is 4.68. The van der Waals surface area contributed by atoms with Gasteiger partial charge in [0.1, 0.15) is 6.04 Å². The summed E-state index contributed by atoms with van der Waals surface area (Å²) < 4.78 is 0. The molecule has 1 fully saturated rings. The second kappa shape index (κ2) is 7.08. The SMILES string of the molecule is O=C(NOC(=O)C1CCCCN1C(=O)Cl)c1ccccc1. The van der Waals surface area contributed by atoms with Crippen molar-refractivity contribution in [3.8, 4) is 0 Å². The van der Waals surface area contributed by atoms with Gasteiger partial charge in [-0.15, -0.1) is 0 Å². The number of halogens is 1. The fourth-order valence-corrected chi connectivity index (χ4v) is 2.40. The van der Waals surface area contributed by atoms with Crippen molar-refractivity contribution in [2.24, 2.45) is 0 Å². The van der Waals surface area contributed by atoms with E-state index in [2.05, 4.69) is 5.48 Å². The van der Waals surface area contributed by atoms with Gasteiger partial charge >= 0.3 is 11.3 Å². The predicted molar refractivity (Wildman–Crippen MR) is 75.6 cm³/mol. The summed E-state index contributed by atoms with van der Waals surface area (Å²) in [6.07, 6.45) is 2.06. The number of amides is 2. The summed E-state index contributed by atoms with van der Waals surface area (Å²) >= 11 is 5.45. The van der Waals surface area contributed by atoms with E-state index in [-0.39, 0.29) is 0 Å². The molecule has 0 aliphatic carbocycles. The second-order valence-corrected chi connectivity index (χ2v) is 5.00. The van der Waals surface area contributed by atoms with Crippen molar-refractivity contribution in [3.05, 3.63) is 35.9 Å². The van der Waals surface area contributed by atoms with Crippen molar-refractivity contribution < 1.29 is 19.2 Å². The zero-order valence-electron chi connectivity index (χ0n) is 11.3. The zero-order valence-corrected chi connectivity index (χ0v) is 12.0. The van der Waals surface area contributed by atoms with Gasteiger partial charge in [0, 0.05) is 12.1 Å². The number of piperidine rings is 1. The van der Waals surface area contributed by atoms with E-state index < -0.39 is 23.3 Å². The van der Waals surface area contributed by atoms with Gasteiger partial charge in [0.2, 0.25) is 0 Å². The average molecular weight is 311 g/mol. The van der Waals surface area contributed by atoms with Crippen LogP contribution in [-0.4, -0.2) is 34.7 Å². The third kappa shape index (κ3) is 3.95. The molecule has 0 aromatic heterocycles. The van der Waals surface area contributed by atoms with E-state index in [1.54, 1.807) is 30.3 Å². The van der Waals surface area contributed by atoms with Gasteiger partial charge in [-0.2, -0.15) is 5.48 Å². The van der Waals surface area contributed by atoms with Crippen molar-refractivity contribution in [3.63, 3.8) is 0 Å². The molecular weight excluding hydrogens is 296 g/mol. The van der Waals surface area contributed by atoms with Crippen LogP contribution < -0.4 is 5.48 Å². The Morgan fingerprint density at radius 1 is 1.19 bits per heavy atom. The van der Waals surface area contributed by atoms with E-state index in [9.17, 15) is 14.4 Å². The highest BCUT2D eigenvalue weighted by Gasteiger charge is 2.33. The highest BCUT2D eigenvalue weighted by Crippen LogP contribution is 2.19. The minimum absolute atomic E-state index is 0.374. The van der Waals surface area contributed by atoms with E-state index in [0.717, 1.165) is 12.8 Å². The van der Waals surface area contributed by atoms with Crippen LogP contribution in [0.1, 0.15) is 29.6 Å². The van der Waals surface area contributed by atoms with Crippen LogP contribution >= 0.6 is 11.6 Å². The number of hydroxylamine groups is 1. The molecule has 1 aromatic carbocycles. The van der Waals surface area contributed by atoms with Crippen molar-refractivity contribution in [2.45, 2.75) is 25.3 Å². The quantitative estimate of drug-likeness (QED) is 0.515. The molecular formula is C14H15ClN2O4. The average Bonchev–Trinajstić information content (AvgIpc) is 2.53. The number of likely N-dealkylation sites (tertiary alicyclic amines) is 1. The van der Waals surface area contributed by atoms with Gasteiger partial charge in [-0.25, -0.2) is 4.79 Å². The fraction of sp³-hybridized carbons (Fsp3) is 0.357. The van der Waals surface area contributed by atoms with E-state index in [1.165, 1.54) is 4.90 Å². The molecule has 2 rings (SSSR count). The van der Waals surface area contributed by atoms with Gasteiger partial charge in [0.15, 0.2) is 0 Å². The molecule has 1 aliphatic rings. The summed E-state index contributed by atoms with van der Waals surface area (Å²) in [6.45, 7) is 0.411. The van der Waals surface area contributed by atoms with Gasteiger partial charge in [0.05, 0.1) is 0 Å². The molecule has 1 atom stereocenters. The summed E-state index contributed by atoms with van der Waals surface area (Å²) in [5, 5.41) is -0.689. The Balaban J connectivity index is 1.92. The number of nitrogens with zero attached hydrogens (tertiary/aromatic N) is 1. The van der Waals surface area contributed by atoms with Crippen LogP contribution in [0.4, 0.5) is 4.79 Å². The largest absolute Gasteiger partial charge is 0.354 e. The predicted octanol–water partition coefficient (Wildman–Crippen LogP) is 2.09. The first-order valence-corrected chi connectivity index (χ1v) is 6.99.